The predicted molar refractivity (Wildman–Crippen MR) is 124 cm³/mol. The van der Waals surface area contributed by atoms with Crippen LogP contribution in [0, 0.1) is 23.2 Å². The lowest BCUT2D eigenvalue weighted by Crippen LogP contribution is -2.57. The first-order valence-corrected chi connectivity index (χ1v) is 12.3. The Labute approximate surface area is 187 Å². The Morgan fingerprint density at radius 3 is 2.81 bits per heavy atom. The number of fused-ring (bicyclic) bond motifs is 2. The third-order valence-corrected chi connectivity index (χ3v) is 9.04. The summed E-state index contributed by atoms with van der Waals surface area (Å²) in [6.45, 7) is 9.15. The Balaban J connectivity index is 1.21. The van der Waals surface area contributed by atoms with Gasteiger partial charge in [0.15, 0.2) is 0 Å². The zero-order chi connectivity index (χ0) is 21.6. The Hall–Kier alpha value is -1.81. The Kier molecular flexibility index (Phi) is 5.62. The summed E-state index contributed by atoms with van der Waals surface area (Å²) in [6.07, 6.45) is 9.34. The minimum absolute atomic E-state index is 0.248. The molecule has 4 heteroatoms. The summed E-state index contributed by atoms with van der Waals surface area (Å²) in [5.41, 5.74) is 3.21. The van der Waals surface area contributed by atoms with Gasteiger partial charge in [0, 0.05) is 31.2 Å². The Bertz CT molecular complexity index is 861. The number of ether oxygens (including phenoxy) is 1. The molecule has 31 heavy (non-hydrogen) atoms. The van der Waals surface area contributed by atoms with Gasteiger partial charge in [0.25, 0.3) is 0 Å². The average Bonchev–Trinajstić information content (AvgIpc) is 2.79. The Morgan fingerprint density at radius 1 is 1.19 bits per heavy atom. The molecular weight excluding hydrogens is 384 g/mol. The van der Waals surface area contributed by atoms with E-state index >= 15 is 0 Å². The van der Waals surface area contributed by atoms with Crippen LogP contribution < -0.4 is 4.74 Å². The zero-order valence-electron chi connectivity index (χ0n) is 19.5. The lowest BCUT2D eigenvalue weighted by molar-refractivity contribution is -0.134. The molecule has 0 aromatic heterocycles. The van der Waals surface area contributed by atoms with Gasteiger partial charge in [0.2, 0.25) is 5.91 Å². The fourth-order valence-electron chi connectivity index (χ4n) is 6.94. The monoisotopic (exact) mass is 422 g/mol. The summed E-state index contributed by atoms with van der Waals surface area (Å²) in [4.78, 5) is 18.0. The van der Waals surface area contributed by atoms with E-state index in [2.05, 4.69) is 29.7 Å². The zero-order valence-corrected chi connectivity index (χ0v) is 19.5. The maximum absolute atomic E-state index is 13.1. The largest absolute Gasteiger partial charge is 0.496 e. The molecule has 1 aromatic rings. The van der Waals surface area contributed by atoms with Gasteiger partial charge in [0.05, 0.1) is 13.5 Å². The first kappa shape index (κ1) is 21.1. The van der Waals surface area contributed by atoms with Gasteiger partial charge >= 0.3 is 0 Å². The van der Waals surface area contributed by atoms with Gasteiger partial charge in [-0.1, -0.05) is 43.7 Å². The van der Waals surface area contributed by atoms with Crippen molar-refractivity contribution in [2.75, 3.05) is 33.3 Å². The van der Waals surface area contributed by atoms with Crippen LogP contribution in [0.5, 0.6) is 5.75 Å². The van der Waals surface area contributed by atoms with Crippen molar-refractivity contribution >= 4 is 5.91 Å². The van der Waals surface area contributed by atoms with Crippen molar-refractivity contribution in [3.8, 4) is 5.75 Å². The SMILES string of the molecule is COc1ccccc1CC(=O)N1CC[C@@H]2[C@H](CCCN2CC2=CC[C@H]3C[C@@H]2C3(C)C)C1. The quantitative estimate of drug-likeness (QED) is 0.653. The number of benzene rings is 1. The normalized spacial score (nSPS) is 32.0. The molecule has 168 valence electrons. The highest BCUT2D eigenvalue weighted by atomic mass is 16.5. The molecule has 0 unspecified atom stereocenters. The van der Waals surface area contributed by atoms with Crippen LogP contribution in [-0.4, -0.2) is 55.0 Å². The predicted octanol–water partition coefficient (Wildman–Crippen LogP) is 4.54. The minimum atomic E-state index is 0.248. The molecule has 5 aliphatic rings. The van der Waals surface area contributed by atoms with Gasteiger partial charge in [-0.15, -0.1) is 0 Å². The van der Waals surface area contributed by atoms with Crippen molar-refractivity contribution in [1.29, 1.82) is 0 Å². The number of nitrogens with zero attached hydrogens (tertiary/aromatic N) is 2. The molecular formula is C27H38N2O2. The van der Waals surface area contributed by atoms with E-state index in [1.165, 1.54) is 32.2 Å². The Morgan fingerprint density at radius 2 is 2.03 bits per heavy atom. The number of rotatable bonds is 5. The fraction of sp³-hybridized carbons (Fsp3) is 0.667. The fourth-order valence-corrected chi connectivity index (χ4v) is 6.94. The van der Waals surface area contributed by atoms with E-state index in [-0.39, 0.29) is 5.91 Å². The molecule has 1 saturated carbocycles. The van der Waals surface area contributed by atoms with Crippen LogP contribution in [0.4, 0.5) is 0 Å². The first-order valence-electron chi connectivity index (χ1n) is 12.3. The lowest BCUT2D eigenvalue weighted by Gasteiger charge is -2.57. The van der Waals surface area contributed by atoms with Crippen molar-refractivity contribution in [2.45, 2.75) is 58.4 Å². The molecule has 6 rings (SSSR count). The standard InChI is InChI=1S/C27H38N2O2/c1-27(2)22-11-10-20(23(27)16-22)17-28-13-6-8-21-18-29(14-12-24(21)28)26(30)15-19-7-4-5-9-25(19)31-3/h4-5,7,9-10,21-24H,6,8,11-18H2,1-3H3/t21-,22+,23+,24-/m1/s1. The second kappa shape index (κ2) is 8.27. The number of carbonyl (C=O) groups is 1. The average molecular weight is 423 g/mol. The molecule has 2 saturated heterocycles. The van der Waals surface area contributed by atoms with Gasteiger partial charge in [0.1, 0.15) is 5.75 Å². The van der Waals surface area contributed by atoms with Crippen LogP contribution in [0.15, 0.2) is 35.9 Å². The summed E-state index contributed by atoms with van der Waals surface area (Å²) in [5, 5.41) is 0. The molecule has 1 amide bonds. The van der Waals surface area contributed by atoms with Crippen molar-refractivity contribution in [1.82, 2.24) is 9.80 Å². The molecule has 2 heterocycles. The first-order chi connectivity index (χ1) is 15.0. The highest BCUT2D eigenvalue weighted by Crippen LogP contribution is 2.59. The van der Waals surface area contributed by atoms with Gasteiger partial charge in [-0.05, 0) is 67.9 Å². The summed E-state index contributed by atoms with van der Waals surface area (Å²) >= 11 is 0. The lowest BCUT2D eigenvalue weighted by atomic mass is 9.49. The molecule has 3 aliphatic carbocycles. The molecule has 0 spiro atoms. The van der Waals surface area contributed by atoms with Gasteiger partial charge in [-0.25, -0.2) is 0 Å². The third kappa shape index (κ3) is 3.82. The molecule has 4 nitrogen and oxygen atoms in total. The van der Waals surface area contributed by atoms with Crippen molar-refractivity contribution in [2.24, 2.45) is 23.2 Å². The summed E-state index contributed by atoms with van der Waals surface area (Å²) < 4.78 is 5.45. The van der Waals surface area contributed by atoms with Crippen LogP contribution >= 0.6 is 0 Å². The van der Waals surface area contributed by atoms with Crippen LogP contribution in [-0.2, 0) is 11.2 Å². The maximum Gasteiger partial charge on any atom is 0.227 e. The van der Waals surface area contributed by atoms with Gasteiger partial charge in [-0.3, -0.25) is 9.69 Å². The van der Waals surface area contributed by atoms with Crippen molar-refractivity contribution in [3.63, 3.8) is 0 Å². The molecule has 2 bridgehead atoms. The minimum Gasteiger partial charge on any atom is -0.496 e. The number of piperidine rings is 2. The smallest absolute Gasteiger partial charge is 0.227 e. The highest BCUT2D eigenvalue weighted by Gasteiger charge is 2.51. The van der Waals surface area contributed by atoms with Crippen molar-refractivity contribution < 1.29 is 9.53 Å². The van der Waals surface area contributed by atoms with Gasteiger partial charge < -0.3 is 9.64 Å². The van der Waals surface area contributed by atoms with E-state index in [0.717, 1.165) is 49.2 Å². The van der Waals surface area contributed by atoms with E-state index in [0.29, 0.717) is 23.8 Å². The van der Waals surface area contributed by atoms with Gasteiger partial charge in [-0.2, -0.15) is 0 Å². The van der Waals surface area contributed by atoms with E-state index in [1.54, 1.807) is 12.7 Å². The van der Waals surface area contributed by atoms with E-state index in [4.69, 9.17) is 4.74 Å². The molecule has 3 fully saturated rings. The highest BCUT2D eigenvalue weighted by molar-refractivity contribution is 5.79. The maximum atomic E-state index is 13.1. The number of para-hydroxylation sites is 1. The molecule has 0 radical (unpaired) electrons. The van der Waals surface area contributed by atoms with E-state index in [1.807, 2.05) is 24.3 Å². The number of methoxy groups -OCH3 is 1. The van der Waals surface area contributed by atoms with Crippen LogP contribution in [0.2, 0.25) is 0 Å². The van der Waals surface area contributed by atoms with Crippen LogP contribution in [0.1, 0.15) is 51.5 Å². The molecule has 0 N–H and O–H groups in total. The van der Waals surface area contributed by atoms with Crippen LogP contribution in [0.3, 0.4) is 0 Å². The second-order valence-corrected chi connectivity index (χ2v) is 10.9. The van der Waals surface area contributed by atoms with E-state index in [9.17, 15) is 4.79 Å². The number of likely N-dealkylation sites (tertiary alicyclic amines) is 2. The number of amides is 1. The summed E-state index contributed by atoms with van der Waals surface area (Å²) in [5.74, 6) is 3.39. The summed E-state index contributed by atoms with van der Waals surface area (Å²) in [6, 6.07) is 8.55. The number of hydrogen-bond donors (Lipinski definition) is 0. The molecule has 4 atom stereocenters. The third-order valence-electron chi connectivity index (χ3n) is 9.04. The number of allylic oxidation sites excluding steroid dienone is 1. The van der Waals surface area contributed by atoms with Crippen molar-refractivity contribution in [3.05, 3.63) is 41.5 Å². The second-order valence-electron chi connectivity index (χ2n) is 10.9. The molecule has 1 aromatic carbocycles. The number of hydrogen-bond acceptors (Lipinski definition) is 3. The topological polar surface area (TPSA) is 32.8 Å². The van der Waals surface area contributed by atoms with Crippen LogP contribution in [0.25, 0.3) is 0 Å². The summed E-state index contributed by atoms with van der Waals surface area (Å²) in [7, 11) is 1.68. The van der Waals surface area contributed by atoms with E-state index < -0.39 is 0 Å². The number of carbonyl (C=O) groups excluding carboxylic acids is 1. The molecule has 2 aliphatic heterocycles.